The number of benzene rings is 1. The van der Waals surface area contributed by atoms with Crippen LogP contribution < -0.4 is 5.32 Å². The molecule has 27 heavy (non-hydrogen) atoms. The number of unbranched alkanes of at least 4 members (excludes halogenated alkanes) is 1. The zero-order valence-electron chi connectivity index (χ0n) is 17.0. The first-order valence-electron chi connectivity index (χ1n) is 10.8. The zero-order valence-corrected chi connectivity index (χ0v) is 17.0. The molecule has 3 aliphatic rings. The van der Waals surface area contributed by atoms with Gasteiger partial charge in [0.2, 0.25) is 5.91 Å². The van der Waals surface area contributed by atoms with E-state index in [2.05, 4.69) is 55.3 Å². The van der Waals surface area contributed by atoms with E-state index >= 15 is 0 Å². The molecule has 0 fully saturated rings. The third kappa shape index (κ3) is 3.18. The summed E-state index contributed by atoms with van der Waals surface area (Å²) >= 11 is 0. The highest BCUT2D eigenvalue weighted by Gasteiger charge is 2.42. The lowest BCUT2D eigenvalue weighted by molar-refractivity contribution is -0.134. The molecular weight excluding hydrogens is 334 g/mol. The Morgan fingerprint density at radius 2 is 2.07 bits per heavy atom. The first kappa shape index (κ1) is 18.5. The van der Waals surface area contributed by atoms with Crippen molar-refractivity contribution in [3.05, 3.63) is 35.4 Å². The van der Waals surface area contributed by atoms with Crippen molar-refractivity contribution in [1.82, 2.24) is 9.80 Å². The standard InChI is InChI=1S/C23H33N3O/c1-4-7-11-26-15-17(23(27)25(5-2)6-3)12-19-18-9-8-10-20-22(18)16(14-24-20)13-21(19)26/h8-10,12,16-17,21,24H,4-7,11,13-15H2,1-3H3/t16?,17-,21-/m1/s1. The monoisotopic (exact) mass is 367 g/mol. The van der Waals surface area contributed by atoms with Crippen LogP contribution in [0.5, 0.6) is 0 Å². The van der Waals surface area contributed by atoms with Crippen LogP contribution >= 0.6 is 0 Å². The average Bonchev–Trinajstić information content (AvgIpc) is 3.11. The van der Waals surface area contributed by atoms with E-state index < -0.39 is 0 Å². The van der Waals surface area contributed by atoms with Crippen LogP contribution in [-0.2, 0) is 4.79 Å². The van der Waals surface area contributed by atoms with Gasteiger partial charge in [0.05, 0.1) is 5.92 Å². The van der Waals surface area contributed by atoms with E-state index in [9.17, 15) is 4.79 Å². The van der Waals surface area contributed by atoms with Gasteiger partial charge in [-0.1, -0.05) is 31.6 Å². The molecule has 1 aliphatic carbocycles. The number of fused-ring (bicyclic) bond motifs is 2. The van der Waals surface area contributed by atoms with Crippen LogP contribution in [0.15, 0.2) is 24.3 Å². The Hall–Kier alpha value is -1.81. The predicted molar refractivity (Wildman–Crippen MR) is 112 cm³/mol. The number of hydrogen-bond donors (Lipinski definition) is 1. The largest absolute Gasteiger partial charge is 0.384 e. The molecule has 0 spiro atoms. The number of nitrogens with zero attached hydrogens (tertiary/aromatic N) is 2. The summed E-state index contributed by atoms with van der Waals surface area (Å²) in [5.41, 5.74) is 5.58. The minimum absolute atomic E-state index is 0.0187. The second-order valence-electron chi connectivity index (χ2n) is 8.18. The minimum Gasteiger partial charge on any atom is -0.384 e. The quantitative estimate of drug-likeness (QED) is 0.827. The summed E-state index contributed by atoms with van der Waals surface area (Å²) in [6.45, 7) is 11.0. The highest BCUT2D eigenvalue weighted by atomic mass is 16.2. The molecule has 1 aromatic rings. The smallest absolute Gasteiger partial charge is 0.230 e. The van der Waals surface area contributed by atoms with Crippen LogP contribution in [0.4, 0.5) is 5.69 Å². The second kappa shape index (κ2) is 7.67. The Kier molecular flexibility index (Phi) is 5.27. The van der Waals surface area contributed by atoms with Gasteiger partial charge in [0.25, 0.3) is 0 Å². The lowest BCUT2D eigenvalue weighted by Gasteiger charge is -2.44. The lowest BCUT2D eigenvalue weighted by Crippen LogP contribution is -2.49. The molecule has 2 aliphatic heterocycles. The van der Waals surface area contributed by atoms with Gasteiger partial charge in [-0.15, -0.1) is 0 Å². The highest BCUT2D eigenvalue weighted by Crippen LogP contribution is 2.48. The van der Waals surface area contributed by atoms with Gasteiger partial charge in [-0.05, 0) is 56.0 Å². The summed E-state index contributed by atoms with van der Waals surface area (Å²) < 4.78 is 0. The first-order chi connectivity index (χ1) is 13.2. The number of rotatable bonds is 6. The van der Waals surface area contributed by atoms with Gasteiger partial charge in [0.15, 0.2) is 0 Å². The molecule has 0 saturated carbocycles. The zero-order chi connectivity index (χ0) is 19.0. The molecule has 146 valence electrons. The van der Waals surface area contributed by atoms with Gasteiger partial charge in [-0.2, -0.15) is 0 Å². The van der Waals surface area contributed by atoms with Gasteiger partial charge in [0.1, 0.15) is 0 Å². The molecule has 3 atom stereocenters. The van der Waals surface area contributed by atoms with Crippen LogP contribution in [0.2, 0.25) is 0 Å². The van der Waals surface area contributed by atoms with E-state index in [1.54, 1.807) is 0 Å². The molecule has 0 radical (unpaired) electrons. The van der Waals surface area contributed by atoms with E-state index in [1.165, 1.54) is 41.6 Å². The summed E-state index contributed by atoms with van der Waals surface area (Å²) in [4.78, 5) is 17.8. The van der Waals surface area contributed by atoms with E-state index in [0.29, 0.717) is 17.9 Å². The van der Waals surface area contributed by atoms with Crippen molar-refractivity contribution in [1.29, 1.82) is 0 Å². The Balaban J connectivity index is 1.73. The maximum Gasteiger partial charge on any atom is 0.230 e. The Morgan fingerprint density at radius 3 is 2.81 bits per heavy atom. The molecule has 4 heteroatoms. The van der Waals surface area contributed by atoms with Gasteiger partial charge in [-0.25, -0.2) is 0 Å². The maximum atomic E-state index is 13.2. The Bertz CT molecular complexity index is 737. The summed E-state index contributed by atoms with van der Waals surface area (Å²) in [6.07, 6.45) is 5.89. The molecule has 1 aromatic carbocycles. The number of hydrogen-bond acceptors (Lipinski definition) is 3. The fourth-order valence-corrected chi connectivity index (χ4v) is 5.25. The van der Waals surface area contributed by atoms with Crippen LogP contribution in [-0.4, -0.2) is 54.5 Å². The number of nitrogens with one attached hydrogen (secondary N) is 1. The SMILES string of the molecule is CCCCN1C[C@H](C(=O)N(CC)CC)C=C2c3cccc4c3C(CN4)C[C@H]21. The molecular formula is C23H33N3O. The van der Waals surface area contributed by atoms with Gasteiger partial charge >= 0.3 is 0 Å². The van der Waals surface area contributed by atoms with Crippen molar-refractivity contribution >= 4 is 17.2 Å². The fraction of sp³-hybridized carbons (Fsp3) is 0.609. The van der Waals surface area contributed by atoms with Gasteiger partial charge in [0, 0.05) is 43.8 Å². The Labute approximate surface area is 163 Å². The van der Waals surface area contributed by atoms with Crippen LogP contribution in [0.1, 0.15) is 57.1 Å². The number of anilines is 1. The van der Waals surface area contributed by atoms with Crippen molar-refractivity contribution < 1.29 is 4.79 Å². The van der Waals surface area contributed by atoms with Crippen molar-refractivity contribution in [3.63, 3.8) is 0 Å². The molecule has 1 N–H and O–H groups in total. The van der Waals surface area contributed by atoms with Crippen molar-refractivity contribution in [3.8, 4) is 0 Å². The molecule has 0 bridgehead atoms. The third-order valence-electron chi connectivity index (χ3n) is 6.67. The average molecular weight is 368 g/mol. The molecule has 4 nitrogen and oxygen atoms in total. The number of amides is 1. The second-order valence-corrected chi connectivity index (χ2v) is 8.18. The number of carbonyl (C=O) groups excluding carboxylic acids is 1. The molecule has 1 amide bonds. The minimum atomic E-state index is -0.0187. The molecule has 4 rings (SSSR count). The van der Waals surface area contributed by atoms with E-state index in [1.807, 2.05) is 4.90 Å². The summed E-state index contributed by atoms with van der Waals surface area (Å²) in [5, 5.41) is 3.60. The summed E-state index contributed by atoms with van der Waals surface area (Å²) in [5.74, 6) is 0.882. The molecule has 0 aromatic heterocycles. The Morgan fingerprint density at radius 1 is 1.26 bits per heavy atom. The lowest BCUT2D eigenvalue weighted by atomic mass is 9.74. The van der Waals surface area contributed by atoms with E-state index in [-0.39, 0.29) is 5.92 Å². The van der Waals surface area contributed by atoms with Crippen molar-refractivity contribution in [2.75, 3.05) is 38.0 Å². The third-order valence-corrected chi connectivity index (χ3v) is 6.67. The van der Waals surface area contributed by atoms with Crippen molar-refractivity contribution in [2.45, 2.75) is 52.0 Å². The maximum absolute atomic E-state index is 13.2. The molecule has 2 heterocycles. The normalized spacial score (nSPS) is 26.0. The van der Waals surface area contributed by atoms with Gasteiger partial charge in [-0.3, -0.25) is 9.69 Å². The van der Waals surface area contributed by atoms with Gasteiger partial charge < -0.3 is 10.2 Å². The number of carbonyl (C=O) groups is 1. The fourth-order valence-electron chi connectivity index (χ4n) is 5.25. The van der Waals surface area contributed by atoms with Crippen LogP contribution in [0.25, 0.3) is 5.57 Å². The topological polar surface area (TPSA) is 35.6 Å². The van der Waals surface area contributed by atoms with E-state index in [4.69, 9.17) is 0 Å². The highest BCUT2D eigenvalue weighted by molar-refractivity contribution is 5.87. The first-order valence-corrected chi connectivity index (χ1v) is 10.8. The van der Waals surface area contributed by atoms with Crippen molar-refractivity contribution in [2.24, 2.45) is 5.92 Å². The summed E-state index contributed by atoms with van der Waals surface area (Å²) in [6, 6.07) is 7.11. The van der Waals surface area contributed by atoms with Crippen LogP contribution in [0, 0.1) is 5.92 Å². The van der Waals surface area contributed by atoms with Crippen LogP contribution in [0.3, 0.4) is 0 Å². The predicted octanol–water partition coefficient (Wildman–Crippen LogP) is 3.95. The summed E-state index contributed by atoms with van der Waals surface area (Å²) in [7, 11) is 0. The molecule has 0 saturated heterocycles. The molecule has 1 unspecified atom stereocenters. The van der Waals surface area contributed by atoms with E-state index in [0.717, 1.165) is 32.7 Å².